The zero-order chi connectivity index (χ0) is 63.7. The van der Waals surface area contributed by atoms with E-state index in [0.29, 0.717) is 0 Å². The molecule has 0 fully saturated rings. The lowest BCUT2D eigenvalue weighted by Crippen LogP contribution is -2.74. The first kappa shape index (κ1) is 71.3. The molecule has 0 unspecified atom stereocenters. The molecule has 0 saturated heterocycles. The number of thioether (sulfide) groups is 2. The van der Waals surface area contributed by atoms with Gasteiger partial charge in [-0.3, -0.25) is 0 Å². The second kappa shape index (κ2) is 20.2. The Kier molecular flexibility index (Phi) is 18.2. The van der Waals surface area contributed by atoms with Crippen LogP contribution in [-0.2, 0) is 9.84 Å². The van der Waals surface area contributed by atoms with Crippen LogP contribution in [-0.4, -0.2) is 115 Å². The molecule has 0 aliphatic carbocycles. The van der Waals surface area contributed by atoms with Crippen LogP contribution in [0.4, 0.5) is 184 Å². The Balaban J connectivity index is 2.58. The standard InChI is InChI=1S/C32H8F42O2S3/c33-5-9(37)15(10(38)6(34)13(5)77-3-1-17(41,42)19(45,46)21(49,50)23(53,54)25(57,58)27(61,62)29(65,66)31(69,70)71)79(75,76)16-11(39)7(35)14(8(36)12(16)40)78-4-2-18(43,44)20(47,48)22(51,52)24(55,56)26(59,60)28(63,64)30(67,68)32(72,73)74/h1-4H2. The third-order valence-electron chi connectivity index (χ3n) is 9.80. The van der Waals surface area contributed by atoms with Gasteiger partial charge < -0.3 is 0 Å². The van der Waals surface area contributed by atoms with Gasteiger partial charge in [-0.2, -0.15) is 149 Å². The molecule has 47 heteroatoms. The van der Waals surface area contributed by atoms with Crippen molar-refractivity contribution in [2.24, 2.45) is 0 Å². The van der Waals surface area contributed by atoms with Gasteiger partial charge in [-0.15, -0.1) is 23.5 Å². The minimum absolute atomic E-state index is 1.62. The van der Waals surface area contributed by atoms with Crippen molar-refractivity contribution in [2.45, 2.75) is 128 Å². The lowest BCUT2D eigenvalue weighted by atomic mass is 9.88. The molecule has 0 aliphatic heterocycles. The fourth-order valence-corrected chi connectivity index (χ4v) is 8.78. The van der Waals surface area contributed by atoms with Gasteiger partial charge in [-0.25, -0.2) is 43.5 Å². The first-order valence-corrected chi connectivity index (χ1v) is 21.3. The topological polar surface area (TPSA) is 34.1 Å². The smallest absolute Gasteiger partial charge is 0.218 e. The average molecular weight is 1320 g/mol. The molecule has 0 radical (unpaired) electrons. The van der Waals surface area contributed by atoms with Crippen molar-refractivity contribution in [1.29, 1.82) is 0 Å². The van der Waals surface area contributed by atoms with E-state index >= 15 is 0 Å². The third kappa shape index (κ3) is 10.0. The second-order valence-electron chi connectivity index (χ2n) is 14.8. The summed E-state index contributed by atoms with van der Waals surface area (Å²) in [5, 5.41) is 0. The van der Waals surface area contributed by atoms with Crippen molar-refractivity contribution < 1.29 is 193 Å². The Morgan fingerprint density at radius 2 is 0.418 bits per heavy atom. The van der Waals surface area contributed by atoms with Crippen LogP contribution in [0.5, 0.6) is 0 Å². The summed E-state index contributed by atoms with van der Waals surface area (Å²) in [5.74, 6) is -156. The van der Waals surface area contributed by atoms with E-state index < -0.39 is 219 Å². The van der Waals surface area contributed by atoms with Crippen LogP contribution in [0.15, 0.2) is 19.6 Å². The molecule has 79 heavy (non-hydrogen) atoms. The van der Waals surface area contributed by atoms with Crippen molar-refractivity contribution in [1.82, 2.24) is 0 Å². The van der Waals surface area contributed by atoms with E-state index in [1.807, 2.05) is 0 Å². The zero-order valence-electron chi connectivity index (χ0n) is 34.7. The van der Waals surface area contributed by atoms with Crippen molar-refractivity contribution in [2.75, 3.05) is 11.5 Å². The number of rotatable bonds is 22. The van der Waals surface area contributed by atoms with Crippen LogP contribution >= 0.6 is 23.5 Å². The predicted molar refractivity (Wildman–Crippen MR) is 170 cm³/mol. The van der Waals surface area contributed by atoms with Gasteiger partial charge in [0.05, 0.1) is 9.79 Å². The predicted octanol–water partition coefficient (Wildman–Crippen LogP) is 16.6. The fourth-order valence-electron chi connectivity index (χ4n) is 5.28. The van der Waals surface area contributed by atoms with Crippen LogP contribution in [0.25, 0.3) is 0 Å². The highest BCUT2D eigenvalue weighted by molar-refractivity contribution is 7.99. The molecule has 2 aromatic rings. The molecule has 0 spiro atoms. The Morgan fingerprint density at radius 3 is 0.595 bits per heavy atom. The number of alkyl halides is 34. The molecular formula is C32H8F42O2S3. The third-order valence-corrected chi connectivity index (χ3v) is 13.7. The van der Waals surface area contributed by atoms with E-state index in [1.54, 1.807) is 0 Å². The lowest BCUT2D eigenvalue weighted by Gasteiger charge is -2.42. The Labute approximate surface area is 412 Å². The number of hydrogen-bond acceptors (Lipinski definition) is 4. The van der Waals surface area contributed by atoms with Gasteiger partial charge >= 0.3 is 95.3 Å². The molecule has 0 amide bonds. The Hall–Kier alpha value is -3.85. The van der Waals surface area contributed by atoms with E-state index in [9.17, 15) is 193 Å². The fraction of sp³-hybridized carbons (Fsp3) is 0.625. The molecule has 2 rings (SSSR count). The molecule has 460 valence electrons. The quantitative estimate of drug-likeness (QED) is 0.0668. The number of halogens is 42. The van der Waals surface area contributed by atoms with Gasteiger partial charge in [0.2, 0.25) is 9.84 Å². The van der Waals surface area contributed by atoms with E-state index in [4.69, 9.17) is 0 Å². The van der Waals surface area contributed by atoms with Gasteiger partial charge in [0.25, 0.3) is 0 Å². The van der Waals surface area contributed by atoms with Crippen LogP contribution in [0.1, 0.15) is 12.8 Å². The van der Waals surface area contributed by atoms with E-state index in [2.05, 4.69) is 0 Å². The SMILES string of the molecule is O=S(=O)(c1c(F)c(F)c(SCCC(F)(F)C(F)(F)C(F)(F)C(F)(F)C(F)(F)C(F)(F)C(F)(F)C(F)(F)F)c(F)c1F)c1c(F)c(F)c(SCCC(F)(F)C(F)(F)C(F)(F)C(F)(F)C(F)(F)C(F)(F)C(F)(F)C(F)(F)F)c(F)c1F. The van der Waals surface area contributed by atoms with Gasteiger partial charge in [-0.1, -0.05) is 0 Å². The van der Waals surface area contributed by atoms with Gasteiger partial charge in [0.15, 0.2) is 46.5 Å². The first-order valence-electron chi connectivity index (χ1n) is 17.9. The van der Waals surface area contributed by atoms with Crippen molar-refractivity contribution in [3.63, 3.8) is 0 Å². The molecule has 2 nitrogen and oxygen atoms in total. The van der Waals surface area contributed by atoms with Crippen LogP contribution < -0.4 is 0 Å². The molecule has 0 heterocycles. The highest BCUT2D eigenvalue weighted by Gasteiger charge is 2.97. The number of hydrogen-bond donors (Lipinski definition) is 0. The molecule has 0 saturated carbocycles. The van der Waals surface area contributed by atoms with Crippen molar-refractivity contribution in [3.05, 3.63) is 46.5 Å². The summed E-state index contributed by atoms with van der Waals surface area (Å²) in [6, 6.07) is 0. The summed E-state index contributed by atoms with van der Waals surface area (Å²) in [7, 11) is -7.53. The van der Waals surface area contributed by atoms with Gasteiger partial charge in [0.1, 0.15) is 9.79 Å². The number of benzene rings is 2. The highest BCUT2D eigenvalue weighted by Crippen LogP contribution is 2.66. The Bertz CT molecular complexity index is 2500. The maximum absolute atomic E-state index is 15.0. The highest BCUT2D eigenvalue weighted by atomic mass is 32.2. The van der Waals surface area contributed by atoms with Crippen molar-refractivity contribution in [3.8, 4) is 0 Å². The molecule has 2 aromatic carbocycles. The normalized spacial score (nSPS) is 15.6. The van der Waals surface area contributed by atoms with Gasteiger partial charge in [0, 0.05) is 24.3 Å². The number of sulfone groups is 1. The largest absolute Gasteiger partial charge is 0.460 e. The summed E-state index contributed by atoms with van der Waals surface area (Å²) < 4.78 is 604. The van der Waals surface area contributed by atoms with Crippen LogP contribution in [0.3, 0.4) is 0 Å². The zero-order valence-corrected chi connectivity index (χ0v) is 37.2. The summed E-state index contributed by atoms with van der Waals surface area (Å²) in [5.41, 5.74) is 0. The van der Waals surface area contributed by atoms with E-state index in [0.717, 1.165) is 0 Å². The first-order chi connectivity index (χ1) is 34.2. The second-order valence-corrected chi connectivity index (χ2v) is 18.9. The summed E-state index contributed by atoms with van der Waals surface area (Å²) in [6.07, 6.45) is -23.5. The maximum Gasteiger partial charge on any atom is 0.460 e. The Morgan fingerprint density at radius 1 is 0.253 bits per heavy atom. The van der Waals surface area contributed by atoms with Crippen molar-refractivity contribution >= 4 is 33.4 Å². The maximum atomic E-state index is 15.0. The summed E-state index contributed by atoms with van der Waals surface area (Å²) in [4.78, 5) is -13.0. The molecule has 0 N–H and O–H groups in total. The average Bonchev–Trinajstić information content (AvgIpc) is 3.25. The van der Waals surface area contributed by atoms with E-state index in [-0.39, 0.29) is 0 Å². The summed E-state index contributed by atoms with van der Waals surface area (Å²) >= 11 is -3.23. The lowest BCUT2D eigenvalue weighted by molar-refractivity contribution is -0.461. The molecule has 0 atom stereocenters. The van der Waals surface area contributed by atoms with Crippen LogP contribution in [0.2, 0.25) is 0 Å². The van der Waals surface area contributed by atoms with Crippen LogP contribution in [0, 0.1) is 46.5 Å². The van der Waals surface area contributed by atoms with Gasteiger partial charge in [-0.05, 0) is 0 Å². The minimum atomic E-state index is -9.15. The summed E-state index contributed by atoms with van der Waals surface area (Å²) in [6.45, 7) is 0. The van der Waals surface area contributed by atoms with E-state index in [1.165, 1.54) is 0 Å². The monoisotopic (exact) mass is 1320 g/mol. The molecule has 0 aliphatic rings. The molecular weight excluding hydrogens is 1310 g/mol. The molecule has 0 aromatic heterocycles. The minimum Gasteiger partial charge on any atom is -0.218 e. The molecule has 0 bridgehead atoms.